The van der Waals surface area contributed by atoms with Crippen LogP contribution in [0.15, 0.2) is 48.9 Å². The first-order valence-corrected chi connectivity index (χ1v) is 16.5. The van der Waals surface area contributed by atoms with Gasteiger partial charge in [0.2, 0.25) is 0 Å². The second-order valence-electron chi connectivity index (χ2n) is 13.0. The Morgan fingerprint density at radius 1 is 0.913 bits per heavy atom. The summed E-state index contributed by atoms with van der Waals surface area (Å²) in [6.45, 7) is 6.72. The van der Waals surface area contributed by atoms with Crippen LogP contribution in [0, 0.1) is 0 Å². The molecule has 3 aliphatic rings. The number of carbonyl (C=O) groups excluding carboxylic acids is 1. The van der Waals surface area contributed by atoms with Crippen molar-refractivity contribution in [3.63, 3.8) is 0 Å². The van der Waals surface area contributed by atoms with E-state index in [-0.39, 0.29) is 17.8 Å². The molecule has 3 aromatic heterocycles. The average molecular weight is 625 g/mol. The molecule has 12 heteroatoms. The summed E-state index contributed by atoms with van der Waals surface area (Å²) in [5.41, 5.74) is 10.0. The van der Waals surface area contributed by atoms with Crippen LogP contribution >= 0.6 is 0 Å². The minimum Gasteiger partial charge on any atom is -0.393 e. The Kier molecular flexibility index (Phi) is 8.74. The lowest BCUT2D eigenvalue weighted by Gasteiger charge is -2.42. The number of piperazine rings is 1. The molecule has 12 nitrogen and oxygen atoms in total. The molecule has 1 saturated carbocycles. The van der Waals surface area contributed by atoms with Gasteiger partial charge in [-0.15, -0.1) is 0 Å². The van der Waals surface area contributed by atoms with Crippen LogP contribution in [0.5, 0.6) is 0 Å². The monoisotopic (exact) mass is 624 g/mol. The Labute approximate surface area is 269 Å². The molecule has 5 heterocycles. The maximum absolute atomic E-state index is 12.8. The zero-order valence-corrected chi connectivity index (χ0v) is 26.5. The SMILES string of the molecule is CN1CCN(C2CCN(c3ccc(Nc4nc(N[C@H]5CC[C@H](O)CC5)c(-c5cncc6[nH]ccc56)nc4C(N)=O)cc3)CC2)CC1. The van der Waals surface area contributed by atoms with Crippen molar-refractivity contribution in [2.75, 3.05) is 61.8 Å². The summed E-state index contributed by atoms with van der Waals surface area (Å²) in [5, 5.41) is 17.9. The van der Waals surface area contributed by atoms with E-state index < -0.39 is 5.91 Å². The summed E-state index contributed by atoms with van der Waals surface area (Å²) in [7, 11) is 2.21. The quantitative estimate of drug-likeness (QED) is 0.196. The first-order chi connectivity index (χ1) is 22.4. The van der Waals surface area contributed by atoms with Crippen LogP contribution in [0.4, 0.5) is 23.0 Å². The van der Waals surface area contributed by atoms with Crippen LogP contribution in [0.1, 0.15) is 49.0 Å². The van der Waals surface area contributed by atoms with Crippen LogP contribution < -0.4 is 21.3 Å². The maximum Gasteiger partial charge on any atom is 0.271 e. The number of amides is 1. The molecular formula is C34H44N10O2. The van der Waals surface area contributed by atoms with Crippen molar-refractivity contribution in [1.82, 2.24) is 29.7 Å². The van der Waals surface area contributed by atoms with Gasteiger partial charge in [-0.05, 0) is 75.9 Å². The Morgan fingerprint density at radius 2 is 1.65 bits per heavy atom. The fourth-order valence-corrected chi connectivity index (χ4v) is 7.13. The Morgan fingerprint density at radius 3 is 2.37 bits per heavy atom. The summed E-state index contributed by atoms with van der Waals surface area (Å²) in [4.78, 5) is 37.6. The Hall–Kier alpha value is -4.26. The van der Waals surface area contributed by atoms with Gasteiger partial charge >= 0.3 is 0 Å². The molecule has 7 rings (SSSR count). The highest BCUT2D eigenvalue weighted by Gasteiger charge is 2.28. The standard InChI is InChI=1S/C34H44N10O2/c1-42-16-18-44(19-17-42)25-11-14-43(15-12-25)24-6-2-22(3-7-24)39-34-31(32(35)46)40-30(28-20-36-21-29-27(28)10-13-37-29)33(41-34)38-23-4-8-26(45)9-5-23/h2-3,6-7,10,13,20-21,23,25-26,37,45H,4-5,8-9,11-12,14-19H2,1H3,(H2,35,46)(H2,38,39,41)/t23-,26-. The van der Waals surface area contributed by atoms with E-state index in [1.54, 1.807) is 12.4 Å². The Balaban J connectivity index is 1.12. The van der Waals surface area contributed by atoms with Crippen LogP contribution in [0.2, 0.25) is 0 Å². The number of piperidine rings is 1. The van der Waals surface area contributed by atoms with Crippen molar-refractivity contribution >= 4 is 39.8 Å². The van der Waals surface area contributed by atoms with Crippen molar-refractivity contribution in [2.24, 2.45) is 5.73 Å². The van der Waals surface area contributed by atoms with E-state index in [1.165, 1.54) is 31.6 Å². The number of rotatable bonds is 8. The molecule has 2 aliphatic heterocycles. The number of hydrogen-bond donors (Lipinski definition) is 5. The molecule has 6 N–H and O–H groups in total. The largest absolute Gasteiger partial charge is 0.393 e. The average Bonchev–Trinajstić information content (AvgIpc) is 3.56. The zero-order chi connectivity index (χ0) is 31.6. The lowest BCUT2D eigenvalue weighted by atomic mass is 9.93. The number of aromatic nitrogens is 4. The fourth-order valence-electron chi connectivity index (χ4n) is 7.13. The van der Waals surface area contributed by atoms with E-state index in [9.17, 15) is 9.90 Å². The first-order valence-electron chi connectivity index (χ1n) is 16.5. The predicted molar refractivity (Wildman–Crippen MR) is 182 cm³/mol. The second kappa shape index (κ2) is 13.2. The molecule has 0 spiro atoms. The van der Waals surface area contributed by atoms with Crippen molar-refractivity contribution in [3.05, 3.63) is 54.6 Å². The number of carbonyl (C=O) groups is 1. The topological polar surface area (TPSA) is 152 Å². The molecule has 3 fully saturated rings. The van der Waals surface area contributed by atoms with Crippen molar-refractivity contribution < 1.29 is 9.90 Å². The van der Waals surface area contributed by atoms with Gasteiger partial charge in [0.1, 0.15) is 5.69 Å². The summed E-state index contributed by atoms with van der Waals surface area (Å²) >= 11 is 0. The summed E-state index contributed by atoms with van der Waals surface area (Å²) in [5.74, 6) is 0.173. The molecule has 1 amide bonds. The number of anilines is 4. The van der Waals surface area contributed by atoms with Gasteiger partial charge in [-0.1, -0.05) is 0 Å². The fraction of sp³-hybridized carbons (Fsp3) is 0.471. The molecule has 46 heavy (non-hydrogen) atoms. The number of aromatic amines is 1. The highest BCUT2D eigenvalue weighted by atomic mass is 16.3. The van der Waals surface area contributed by atoms with Gasteiger partial charge in [0, 0.05) is 86.1 Å². The van der Waals surface area contributed by atoms with Crippen LogP contribution in [0.3, 0.4) is 0 Å². The highest BCUT2D eigenvalue weighted by Crippen LogP contribution is 2.35. The summed E-state index contributed by atoms with van der Waals surface area (Å²) in [6.07, 6.45) is 10.5. The predicted octanol–water partition coefficient (Wildman–Crippen LogP) is 3.79. The molecule has 2 saturated heterocycles. The maximum atomic E-state index is 12.8. The summed E-state index contributed by atoms with van der Waals surface area (Å²) in [6, 6.07) is 11.0. The van der Waals surface area contributed by atoms with Gasteiger partial charge in [-0.3, -0.25) is 14.7 Å². The third-order valence-corrected chi connectivity index (χ3v) is 9.91. The number of nitrogens with one attached hydrogen (secondary N) is 3. The van der Waals surface area contributed by atoms with Crippen LogP contribution in [-0.4, -0.2) is 105 Å². The lowest BCUT2D eigenvalue weighted by molar-refractivity contribution is 0.0982. The molecule has 0 unspecified atom stereocenters. The number of aliphatic hydroxyl groups excluding tert-OH is 1. The third kappa shape index (κ3) is 6.51. The van der Waals surface area contributed by atoms with Gasteiger partial charge in [-0.2, -0.15) is 0 Å². The molecule has 1 aliphatic carbocycles. The van der Waals surface area contributed by atoms with Gasteiger partial charge in [0.15, 0.2) is 17.3 Å². The van der Waals surface area contributed by atoms with Gasteiger partial charge in [0.25, 0.3) is 5.91 Å². The zero-order valence-electron chi connectivity index (χ0n) is 26.5. The number of primary amides is 1. The normalized spacial score (nSPS) is 21.8. The van der Waals surface area contributed by atoms with E-state index in [0.29, 0.717) is 23.4 Å². The minimum atomic E-state index is -0.669. The Bertz CT molecular complexity index is 1650. The summed E-state index contributed by atoms with van der Waals surface area (Å²) < 4.78 is 0. The van der Waals surface area contributed by atoms with Gasteiger partial charge < -0.3 is 36.3 Å². The first kappa shape index (κ1) is 30.4. The number of nitrogens with two attached hydrogens (primary N) is 1. The number of H-pyrrole nitrogens is 1. The van der Waals surface area contributed by atoms with Gasteiger partial charge in [0.05, 0.1) is 17.8 Å². The van der Waals surface area contributed by atoms with E-state index in [0.717, 1.165) is 74.0 Å². The molecule has 0 bridgehead atoms. The number of benzene rings is 1. The number of likely N-dealkylation sites (N-methyl/N-ethyl adjacent to an activating group) is 1. The second-order valence-corrected chi connectivity index (χ2v) is 13.0. The molecule has 242 valence electrons. The van der Waals surface area contributed by atoms with E-state index in [4.69, 9.17) is 15.7 Å². The highest BCUT2D eigenvalue weighted by molar-refractivity contribution is 6.00. The van der Waals surface area contributed by atoms with Crippen molar-refractivity contribution in [2.45, 2.75) is 56.7 Å². The van der Waals surface area contributed by atoms with Crippen molar-refractivity contribution in [1.29, 1.82) is 0 Å². The van der Waals surface area contributed by atoms with E-state index >= 15 is 0 Å². The van der Waals surface area contributed by atoms with E-state index in [1.807, 2.05) is 24.4 Å². The number of fused-ring (bicyclic) bond motifs is 1. The number of hydrogen-bond acceptors (Lipinski definition) is 10. The molecule has 0 atom stereocenters. The third-order valence-electron chi connectivity index (χ3n) is 9.91. The molecular weight excluding hydrogens is 580 g/mol. The number of nitrogens with zero attached hydrogens (tertiary/aromatic N) is 6. The van der Waals surface area contributed by atoms with Crippen molar-refractivity contribution in [3.8, 4) is 11.3 Å². The molecule has 1 aromatic carbocycles. The van der Waals surface area contributed by atoms with Crippen LogP contribution in [-0.2, 0) is 0 Å². The van der Waals surface area contributed by atoms with Crippen LogP contribution in [0.25, 0.3) is 22.2 Å². The minimum absolute atomic E-state index is 0.0576. The van der Waals surface area contributed by atoms with Gasteiger partial charge in [-0.25, -0.2) is 9.97 Å². The number of pyridine rings is 1. The number of aliphatic hydroxyl groups is 1. The van der Waals surface area contributed by atoms with E-state index in [2.05, 4.69) is 54.5 Å². The molecule has 4 aromatic rings. The smallest absolute Gasteiger partial charge is 0.271 e. The molecule has 0 radical (unpaired) electrons. The lowest BCUT2D eigenvalue weighted by Crippen LogP contribution is -2.52.